The maximum absolute atomic E-state index is 12.8. The highest BCUT2D eigenvalue weighted by Crippen LogP contribution is 2.32. The molecule has 2 aromatic rings. The van der Waals surface area contributed by atoms with E-state index in [1.54, 1.807) is 0 Å². The summed E-state index contributed by atoms with van der Waals surface area (Å²) in [6, 6.07) is 6.21. The fourth-order valence-corrected chi connectivity index (χ4v) is 4.37. The number of nitrogens with zero attached hydrogens (tertiary/aromatic N) is 2. The van der Waals surface area contributed by atoms with Gasteiger partial charge in [-0.1, -0.05) is 0 Å². The number of hydrogen-bond donors (Lipinski definition) is 1. The number of nitrogens with one attached hydrogen (secondary N) is 1. The van der Waals surface area contributed by atoms with Crippen molar-refractivity contribution in [2.75, 3.05) is 25.0 Å². The van der Waals surface area contributed by atoms with E-state index in [1.165, 1.54) is 34.9 Å². The summed E-state index contributed by atoms with van der Waals surface area (Å²) in [4.78, 5) is 16.1. The molecular weight excluding hydrogens is 411 g/mol. The van der Waals surface area contributed by atoms with E-state index in [9.17, 15) is 26.4 Å². The lowest BCUT2D eigenvalue weighted by molar-refractivity contribution is -0.153. The Bertz CT molecular complexity index is 976. The summed E-state index contributed by atoms with van der Waals surface area (Å²) < 4.78 is 69.2. The first-order valence-electron chi connectivity index (χ1n) is 8.72. The van der Waals surface area contributed by atoms with Crippen LogP contribution in [-0.4, -0.2) is 49.5 Å². The van der Waals surface area contributed by atoms with Crippen LogP contribution in [0.2, 0.25) is 0 Å². The lowest BCUT2D eigenvalue weighted by Crippen LogP contribution is -2.28. The second-order valence-corrected chi connectivity index (χ2v) is 8.30. The molecule has 1 amide bonds. The highest BCUT2D eigenvalue weighted by molar-refractivity contribution is 7.89. The number of pyridine rings is 1. The second kappa shape index (κ2) is 8.37. The van der Waals surface area contributed by atoms with Gasteiger partial charge >= 0.3 is 6.18 Å². The Morgan fingerprint density at radius 3 is 2.41 bits per heavy atom. The first-order chi connectivity index (χ1) is 13.7. The third kappa shape index (κ3) is 5.24. The first kappa shape index (κ1) is 21.1. The predicted molar refractivity (Wildman–Crippen MR) is 98.2 cm³/mol. The minimum Gasteiger partial charge on any atom is -0.482 e. The van der Waals surface area contributed by atoms with Gasteiger partial charge in [0.25, 0.3) is 5.91 Å². The lowest BCUT2D eigenvalue weighted by atomic mass is 10.2. The molecule has 0 spiro atoms. The van der Waals surface area contributed by atoms with Crippen LogP contribution >= 0.6 is 0 Å². The van der Waals surface area contributed by atoms with Crippen LogP contribution in [0.3, 0.4) is 0 Å². The maximum Gasteiger partial charge on any atom is 0.422 e. The molecule has 1 saturated heterocycles. The molecule has 0 bridgehead atoms. The number of carbonyl (C=O) groups excluding carboxylic acids is 1. The van der Waals surface area contributed by atoms with E-state index >= 15 is 0 Å². The van der Waals surface area contributed by atoms with E-state index in [4.69, 9.17) is 4.74 Å². The van der Waals surface area contributed by atoms with E-state index in [1.807, 2.05) is 0 Å². The van der Waals surface area contributed by atoms with Gasteiger partial charge in [0.1, 0.15) is 5.75 Å². The van der Waals surface area contributed by atoms with Crippen molar-refractivity contribution in [1.82, 2.24) is 9.29 Å². The Morgan fingerprint density at radius 1 is 1.14 bits per heavy atom. The zero-order valence-electron chi connectivity index (χ0n) is 15.1. The van der Waals surface area contributed by atoms with Gasteiger partial charge in [0.15, 0.2) is 6.61 Å². The van der Waals surface area contributed by atoms with E-state index in [2.05, 4.69) is 10.3 Å². The third-order valence-corrected chi connectivity index (χ3v) is 6.13. The van der Waals surface area contributed by atoms with Crippen LogP contribution in [0.1, 0.15) is 23.2 Å². The molecule has 2 heterocycles. The minimum atomic E-state index is -4.59. The van der Waals surface area contributed by atoms with Gasteiger partial charge in [-0.3, -0.25) is 9.78 Å². The highest BCUT2D eigenvalue weighted by atomic mass is 32.2. The zero-order valence-corrected chi connectivity index (χ0v) is 16.0. The van der Waals surface area contributed by atoms with Gasteiger partial charge in [-0.15, -0.1) is 0 Å². The predicted octanol–water partition coefficient (Wildman–Crippen LogP) is 3.06. The Labute approximate surface area is 165 Å². The van der Waals surface area contributed by atoms with Crippen LogP contribution in [0.25, 0.3) is 0 Å². The van der Waals surface area contributed by atoms with Crippen molar-refractivity contribution in [2.24, 2.45) is 0 Å². The second-order valence-electron chi connectivity index (χ2n) is 6.36. The summed E-state index contributed by atoms with van der Waals surface area (Å²) >= 11 is 0. The van der Waals surface area contributed by atoms with Gasteiger partial charge in [-0.05, 0) is 43.2 Å². The molecule has 0 aliphatic carbocycles. The molecule has 1 aliphatic rings. The summed E-state index contributed by atoms with van der Waals surface area (Å²) in [7, 11) is -3.83. The smallest absolute Gasteiger partial charge is 0.422 e. The van der Waals surface area contributed by atoms with Crippen LogP contribution in [0.4, 0.5) is 18.9 Å². The highest BCUT2D eigenvalue weighted by Gasteiger charge is 2.31. The molecule has 3 rings (SSSR count). The van der Waals surface area contributed by atoms with E-state index in [0.717, 1.165) is 25.0 Å². The molecule has 1 aliphatic heterocycles. The van der Waals surface area contributed by atoms with E-state index < -0.39 is 28.7 Å². The quantitative estimate of drug-likeness (QED) is 0.763. The molecule has 0 saturated carbocycles. The maximum atomic E-state index is 12.8. The van der Waals surface area contributed by atoms with Gasteiger partial charge in [-0.2, -0.15) is 17.5 Å². The summed E-state index contributed by atoms with van der Waals surface area (Å²) in [6.07, 6.45) is -0.365. The normalized spacial score (nSPS) is 15.3. The summed E-state index contributed by atoms with van der Waals surface area (Å²) in [5.74, 6) is -0.926. The minimum absolute atomic E-state index is 0.135. The third-order valence-electron chi connectivity index (χ3n) is 4.24. The Balaban J connectivity index is 1.93. The van der Waals surface area contributed by atoms with Crippen molar-refractivity contribution in [3.8, 4) is 5.75 Å². The Morgan fingerprint density at radius 2 is 1.79 bits per heavy atom. The Kier molecular flexibility index (Phi) is 6.08. The lowest BCUT2D eigenvalue weighted by Gasteiger charge is -2.18. The van der Waals surface area contributed by atoms with Crippen molar-refractivity contribution >= 4 is 21.6 Å². The number of sulfonamides is 1. The van der Waals surface area contributed by atoms with Crippen molar-refractivity contribution in [3.63, 3.8) is 0 Å². The first-order valence-corrected chi connectivity index (χ1v) is 10.2. The number of anilines is 1. The zero-order chi connectivity index (χ0) is 21.1. The largest absolute Gasteiger partial charge is 0.482 e. The topological polar surface area (TPSA) is 88.6 Å². The summed E-state index contributed by atoms with van der Waals surface area (Å²) in [5.41, 5.74) is 0.0332. The molecule has 29 heavy (non-hydrogen) atoms. The molecule has 1 aromatic carbocycles. The molecule has 0 radical (unpaired) electrons. The SMILES string of the molecule is O=C(Nc1cc(S(=O)(=O)N2CCCC2)ccc1OCC(F)(F)F)c1ccncc1. The average Bonchev–Trinajstić information content (AvgIpc) is 3.22. The van der Waals surface area contributed by atoms with Crippen molar-refractivity contribution in [3.05, 3.63) is 48.3 Å². The number of hydrogen-bond acceptors (Lipinski definition) is 5. The van der Waals surface area contributed by atoms with Gasteiger partial charge in [-0.25, -0.2) is 8.42 Å². The molecular formula is C18H18F3N3O4S. The molecule has 0 atom stereocenters. The molecule has 7 nitrogen and oxygen atoms in total. The van der Waals surface area contributed by atoms with Gasteiger partial charge < -0.3 is 10.1 Å². The summed E-state index contributed by atoms with van der Waals surface area (Å²) in [6.45, 7) is -0.843. The number of aromatic nitrogens is 1. The number of ether oxygens (including phenoxy) is 1. The number of benzene rings is 1. The monoisotopic (exact) mass is 429 g/mol. The summed E-state index contributed by atoms with van der Waals surface area (Å²) in [5, 5.41) is 2.42. The van der Waals surface area contributed by atoms with E-state index in [-0.39, 0.29) is 21.9 Å². The molecule has 1 fully saturated rings. The number of rotatable bonds is 6. The van der Waals surface area contributed by atoms with E-state index in [0.29, 0.717) is 13.1 Å². The average molecular weight is 429 g/mol. The van der Waals surface area contributed by atoms with Crippen molar-refractivity contribution < 1.29 is 31.1 Å². The van der Waals surface area contributed by atoms with Crippen LogP contribution < -0.4 is 10.1 Å². The molecule has 11 heteroatoms. The van der Waals surface area contributed by atoms with Crippen LogP contribution in [0.15, 0.2) is 47.6 Å². The van der Waals surface area contributed by atoms with Crippen molar-refractivity contribution in [1.29, 1.82) is 0 Å². The fraction of sp³-hybridized carbons (Fsp3) is 0.333. The molecule has 0 unspecified atom stereocenters. The van der Waals surface area contributed by atoms with Gasteiger partial charge in [0, 0.05) is 31.0 Å². The van der Waals surface area contributed by atoms with Crippen LogP contribution in [0, 0.1) is 0 Å². The fourth-order valence-electron chi connectivity index (χ4n) is 2.83. The van der Waals surface area contributed by atoms with Crippen LogP contribution in [-0.2, 0) is 10.0 Å². The molecule has 1 aromatic heterocycles. The van der Waals surface area contributed by atoms with Gasteiger partial charge in [0.05, 0.1) is 10.6 Å². The van der Waals surface area contributed by atoms with Crippen molar-refractivity contribution in [2.45, 2.75) is 23.9 Å². The number of carbonyl (C=O) groups is 1. The number of alkyl halides is 3. The Hall–Kier alpha value is -2.66. The van der Waals surface area contributed by atoms with Crippen LogP contribution in [0.5, 0.6) is 5.75 Å². The standard InChI is InChI=1S/C18H18F3N3O4S/c19-18(20,21)12-28-16-4-3-14(29(26,27)24-9-1-2-10-24)11-15(16)23-17(25)13-5-7-22-8-6-13/h3-8,11H,1-2,9-10,12H2,(H,23,25). The number of halogens is 3. The molecule has 156 valence electrons. The number of amides is 1. The molecule has 1 N–H and O–H groups in total. The van der Waals surface area contributed by atoms with Gasteiger partial charge in [0.2, 0.25) is 10.0 Å².